The second kappa shape index (κ2) is 4.66. The van der Waals surface area contributed by atoms with Crippen LogP contribution in [0.25, 0.3) is 10.6 Å². The van der Waals surface area contributed by atoms with E-state index in [1.807, 2.05) is 0 Å². The summed E-state index contributed by atoms with van der Waals surface area (Å²) in [6.45, 7) is 0. The number of hydrogen-bond donors (Lipinski definition) is 0. The van der Waals surface area contributed by atoms with Gasteiger partial charge in [0.05, 0.1) is 5.56 Å². The van der Waals surface area contributed by atoms with Gasteiger partial charge < -0.3 is 0 Å². The van der Waals surface area contributed by atoms with Crippen molar-refractivity contribution in [2.75, 3.05) is 0 Å². The zero-order valence-corrected chi connectivity index (χ0v) is 11.9. The first kappa shape index (κ1) is 13.0. The van der Waals surface area contributed by atoms with Gasteiger partial charge in [0.1, 0.15) is 5.01 Å². The Morgan fingerprint density at radius 2 is 1.88 bits per heavy atom. The first-order chi connectivity index (χ1) is 7.88. The van der Waals surface area contributed by atoms with Crippen molar-refractivity contribution in [3.8, 4) is 10.6 Å². The molecule has 0 saturated carbocycles. The van der Waals surface area contributed by atoms with Crippen LogP contribution in [-0.4, -0.2) is 9.36 Å². The van der Waals surface area contributed by atoms with Crippen LogP contribution in [0, 0.1) is 0 Å². The molecule has 0 spiro atoms. The number of benzene rings is 1. The van der Waals surface area contributed by atoms with Gasteiger partial charge >= 0.3 is 6.18 Å². The van der Waals surface area contributed by atoms with Crippen molar-refractivity contribution in [1.29, 1.82) is 0 Å². The van der Waals surface area contributed by atoms with Gasteiger partial charge in [0.2, 0.25) is 4.73 Å². The van der Waals surface area contributed by atoms with Crippen molar-refractivity contribution < 1.29 is 13.2 Å². The quantitative estimate of drug-likeness (QED) is 0.705. The summed E-state index contributed by atoms with van der Waals surface area (Å²) >= 11 is 7.29. The standard InChI is InChI=1S/C9H3Br2F3N2S/c10-6-2-1-4(9(12,13)14)3-5(6)7-15-8(11)16-17-7/h1-3H. The molecule has 0 unspecified atom stereocenters. The fraction of sp³-hybridized carbons (Fsp3) is 0.111. The van der Waals surface area contributed by atoms with E-state index in [9.17, 15) is 13.2 Å². The maximum Gasteiger partial charge on any atom is 0.416 e. The van der Waals surface area contributed by atoms with Crippen LogP contribution in [0.4, 0.5) is 13.2 Å². The first-order valence-corrected chi connectivity index (χ1v) is 6.60. The molecule has 0 aliphatic carbocycles. The summed E-state index contributed by atoms with van der Waals surface area (Å²) in [5.74, 6) is 0. The summed E-state index contributed by atoms with van der Waals surface area (Å²) in [5, 5.41) is 0.426. The van der Waals surface area contributed by atoms with E-state index in [-0.39, 0.29) is 0 Å². The highest BCUT2D eigenvalue weighted by atomic mass is 79.9. The Bertz CT molecular complexity index is 553. The van der Waals surface area contributed by atoms with Gasteiger partial charge in [0.15, 0.2) is 0 Å². The molecule has 1 aromatic carbocycles. The van der Waals surface area contributed by atoms with Gasteiger partial charge in [-0.1, -0.05) is 15.9 Å². The van der Waals surface area contributed by atoms with Gasteiger partial charge in [-0.05, 0) is 45.7 Å². The van der Waals surface area contributed by atoms with E-state index in [1.165, 1.54) is 6.07 Å². The van der Waals surface area contributed by atoms with Crippen LogP contribution in [0.2, 0.25) is 0 Å². The van der Waals surface area contributed by atoms with E-state index >= 15 is 0 Å². The van der Waals surface area contributed by atoms with Crippen LogP contribution >= 0.6 is 43.4 Å². The van der Waals surface area contributed by atoms with Crippen LogP contribution in [0.15, 0.2) is 27.4 Å². The Hall–Kier alpha value is -0.470. The molecule has 0 saturated heterocycles. The molecule has 0 amide bonds. The average Bonchev–Trinajstić information content (AvgIpc) is 2.63. The van der Waals surface area contributed by atoms with E-state index < -0.39 is 11.7 Å². The van der Waals surface area contributed by atoms with E-state index in [1.54, 1.807) is 0 Å². The monoisotopic (exact) mass is 386 g/mol. The predicted octanol–water partition coefficient (Wildman–Crippen LogP) is 4.75. The van der Waals surface area contributed by atoms with Gasteiger partial charge in [0.25, 0.3) is 0 Å². The third kappa shape index (κ3) is 2.86. The molecule has 8 heteroatoms. The van der Waals surface area contributed by atoms with E-state index in [4.69, 9.17) is 0 Å². The van der Waals surface area contributed by atoms with Gasteiger partial charge in [-0.3, -0.25) is 0 Å². The highest BCUT2D eigenvalue weighted by Crippen LogP contribution is 2.36. The second-order valence-electron chi connectivity index (χ2n) is 3.06. The molecule has 0 N–H and O–H groups in total. The normalized spacial score (nSPS) is 11.8. The number of hydrogen-bond acceptors (Lipinski definition) is 3. The van der Waals surface area contributed by atoms with E-state index in [2.05, 4.69) is 41.2 Å². The molecular formula is C9H3Br2F3N2S. The molecule has 2 rings (SSSR count). The van der Waals surface area contributed by atoms with Crippen molar-refractivity contribution in [1.82, 2.24) is 9.36 Å². The topological polar surface area (TPSA) is 25.8 Å². The maximum absolute atomic E-state index is 12.6. The molecular weight excluding hydrogens is 385 g/mol. The minimum atomic E-state index is -4.36. The summed E-state index contributed by atoms with van der Waals surface area (Å²) in [4.78, 5) is 3.99. The molecule has 0 fully saturated rings. The molecule has 1 heterocycles. The molecule has 0 radical (unpaired) electrons. The number of aromatic nitrogens is 2. The Morgan fingerprint density at radius 3 is 2.41 bits per heavy atom. The van der Waals surface area contributed by atoms with Crippen molar-refractivity contribution in [2.45, 2.75) is 6.18 Å². The maximum atomic E-state index is 12.6. The van der Waals surface area contributed by atoms with E-state index in [0.717, 1.165) is 23.7 Å². The second-order valence-corrected chi connectivity index (χ2v) is 5.38. The minimum Gasteiger partial charge on any atom is -0.209 e. The summed E-state index contributed by atoms with van der Waals surface area (Å²) < 4.78 is 42.5. The Morgan fingerprint density at radius 1 is 1.18 bits per heavy atom. The summed E-state index contributed by atoms with van der Waals surface area (Å²) in [5.41, 5.74) is -0.329. The molecule has 2 nitrogen and oxygen atoms in total. The molecule has 0 bridgehead atoms. The van der Waals surface area contributed by atoms with Crippen molar-refractivity contribution in [3.63, 3.8) is 0 Å². The number of rotatable bonds is 1. The van der Waals surface area contributed by atoms with Crippen LogP contribution < -0.4 is 0 Å². The SMILES string of the molecule is FC(F)(F)c1ccc(Br)c(-c2nc(Br)ns2)c1. The highest BCUT2D eigenvalue weighted by Gasteiger charge is 2.31. The van der Waals surface area contributed by atoms with Crippen LogP contribution in [0.5, 0.6) is 0 Å². The van der Waals surface area contributed by atoms with Gasteiger partial charge in [-0.15, -0.1) is 0 Å². The zero-order chi connectivity index (χ0) is 12.6. The Kier molecular flexibility index (Phi) is 3.55. The molecule has 0 aliphatic heterocycles. The molecule has 90 valence electrons. The Balaban J connectivity index is 2.54. The third-order valence-corrected chi connectivity index (χ3v) is 3.95. The van der Waals surface area contributed by atoms with Crippen LogP contribution in [-0.2, 0) is 6.18 Å². The van der Waals surface area contributed by atoms with Crippen LogP contribution in [0.1, 0.15) is 5.56 Å². The first-order valence-electron chi connectivity index (χ1n) is 4.24. The highest BCUT2D eigenvalue weighted by molar-refractivity contribution is 9.10. The number of nitrogens with zero attached hydrogens (tertiary/aromatic N) is 2. The van der Waals surface area contributed by atoms with Gasteiger partial charge in [-0.25, -0.2) is 4.98 Å². The fourth-order valence-electron chi connectivity index (χ4n) is 1.18. The van der Waals surface area contributed by atoms with Crippen molar-refractivity contribution in [3.05, 3.63) is 33.0 Å². The lowest BCUT2D eigenvalue weighted by molar-refractivity contribution is -0.137. The van der Waals surface area contributed by atoms with Crippen molar-refractivity contribution in [2.24, 2.45) is 0 Å². The molecule has 0 aliphatic rings. The smallest absolute Gasteiger partial charge is 0.209 e. The predicted molar refractivity (Wildman–Crippen MR) is 65.7 cm³/mol. The molecule has 2 aromatic rings. The Labute approximate surface area is 115 Å². The molecule has 0 atom stereocenters. The lowest BCUT2D eigenvalue weighted by atomic mass is 10.1. The average molecular weight is 388 g/mol. The minimum absolute atomic E-state index is 0.363. The summed E-state index contributed by atoms with van der Waals surface area (Å²) in [6, 6.07) is 3.42. The lowest BCUT2D eigenvalue weighted by Crippen LogP contribution is -2.04. The van der Waals surface area contributed by atoms with Gasteiger partial charge in [-0.2, -0.15) is 17.5 Å². The lowest BCUT2D eigenvalue weighted by Gasteiger charge is -2.08. The molecule has 17 heavy (non-hydrogen) atoms. The van der Waals surface area contributed by atoms with E-state index in [0.29, 0.717) is 19.8 Å². The fourth-order valence-corrected chi connectivity index (χ4v) is 2.86. The number of halogens is 5. The largest absolute Gasteiger partial charge is 0.416 e. The summed E-state index contributed by atoms with van der Waals surface area (Å²) in [6.07, 6.45) is -4.36. The third-order valence-electron chi connectivity index (χ3n) is 1.93. The number of alkyl halides is 3. The van der Waals surface area contributed by atoms with Gasteiger partial charge in [0, 0.05) is 10.0 Å². The van der Waals surface area contributed by atoms with Crippen LogP contribution in [0.3, 0.4) is 0 Å². The van der Waals surface area contributed by atoms with Crippen molar-refractivity contribution >= 4 is 43.4 Å². The molecule has 1 aromatic heterocycles. The zero-order valence-electron chi connectivity index (χ0n) is 7.92. The summed E-state index contributed by atoms with van der Waals surface area (Å²) in [7, 11) is 0.